The fourth-order valence-electron chi connectivity index (χ4n) is 2.18. The second-order valence-corrected chi connectivity index (χ2v) is 5.53. The number of hydrogen-bond acceptors (Lipinski definition) is 2. The van der Waals surface area contributed by atoms with Gasteiger partial charge in [-0.1, -0.05) is 12.1 Å². The summed E-state index contributed by atoms with van der Waals surface area (Å²) in [7, 11) is 1.90. The molecule has 0 radical (unpaired) electrons. The first-order chi connectivity index (χ1) is 10.1. The van der Waals surface area contributed by atoms with E-state index in [4.69, 9.17) is 0 Å². The van der Waals surface area contributed by atoms with E-state index in [2.05, 4.69) is 26.3 Å². The maximum absolute atomic E-state index is 12.9. The molecule has 21 heavy (non-hydrogen) atoms. The predicted molar refractivity (Wildman–Crippen MR) is 86.0 cm³/mol. The van der Waals surface area contributed by atoms with Gasteiger partial charge in [0.25, 0.3) is 0 Å². The Balaban J connectivity index is 1.92. The lowest BCUT2D eigenvalue weighted by Crippen LogP contribution is -1.95. The topological polar surface area (TPSA) is 29.9 Å². The van der Waals surface area contributed by atoms with Crippen LogP contribution in [0.1, 0.15) is 0 Å². The molecule has 0 amide bonds. The lowest BCUT2D eigenvalue weighted by atomic mass is 10.1. The molecule has 0 aliphatic carbocycles. The van der Waals surface area contributed by atoms with Gasteiger partial charge in [-0.2, -0.15) is 5.10 Å². The monoisotopic (exact) mass is 345 g/mol. The van der Waals surface area contributed by atoms with Crippen molar-refractivity contribution in [1.29, 1.82) is 0 Å². The number of aryl methyl sites for hydroxylation is 1. The first-order valence-electron chi connectivity index (χ1n) is 6.44. The van der Waals surface area contributed by atoms with Gasteiger partial charge in [-0.3, -0.25) is 4.68 Å². The molecule has 0 saturated carbocycles. The van der Waals surface area contributed by atoms with Gasteiger partial charge >= 0.3 is 0 Å². The summed E-state index contributed by atoms with van der Waals surface area (Å²) >= 11 is 3.51. The van der Waals surface area contributed by atoms with E-state index in [1.165, 1.54) is 12.1 Å². The molecular weight excluding hydrogens is 333 g/mol. The molecule has 2 aromatic carbocycles. The zero-order chi connectivity index (χ0) is 14.8. The molecular formula is C16H13BrFN3. The summed E-state index contributed by atoms with van der Waals surface area (Å²) in [6.07, 6.45) is 1.77. The smallest absolute Gasteiger partial charge is 0.123 e. The van der Waals surface area contributed by atoms with Crippen LogP contribution >= 0.6 is 15.9 Å². The molecule has 0 bridgehead atoms. The molecule has 1 N–H and O–H groups in total. The predicted octanol–water partition coefficient (Wildman–Crippen LogP) is 4.73. The largest absolute Gasteiger partial charge is 0.356 e. The molecule has 0 aliphatic heterocycles. The van der Waals surface area contributed by atoms with Crippen molar-refractivity contribution in [3.05, 3.63) is 65.0 Å². The van der Waals surface area contributed by atoms with Crippen LogP contribution in [0.2, 0.25) is 0 Å². The molecule has 0 aliphatic rings. The van der Waals surface area contributed by atoms with Crippen LogP contribution < -0.4 is 5.32 Å². The van der Waals surface area contributed by atoms with Crippen LogP contribution in [-0.2, 0) is 7.05 Å². The van der Waals surface area contributed by atoms with Gasteiger partial charge in [-0.05, 0) is 52.3 Å². The molecule has 0 saturated heterocycles. The van der Waals surface area contributed by atoms with Crippen LogP contribution in [0.3, 0.4) is 0 Å². The van der Waals surface area contributed by atoms with Gasteiger partial charge in [0.1, 0.15) is 5.82 Å². The van der Waals surface area contributed by atoms with Crippen LogP contribution in [0.25, 0.3) is 11.3 Å². The van der Waals surface area contributed by atoms with Gasteiger partial charge in [0.15, 0.2) is 0 Å². The zero-order valence-electron chi connectivity index (χ0n) is 11.3. The number of halogens is 2. The Hall–Kier alpha value is -2.14. The third kappa shape index (κ3) is 2.97. The molecule has 1 heterocycles. The molecule has 1 aromatic heterocycles. The van der Waals surface area contributed by atoms with Crippen molar-refractivity contribution in [2.45, 2.75) is 0 Å². The van der Waals surface area contributed by atoms with Crippen molar-refractivity contribution in [2.75, 3.05) is 5.32 Å². The van der Waals surface area contributed by atoms with Crippen LogP contribution in [0, 0.1) is 5.82 Å². The Labute approximate surface area is 130 Å². The van der Waals surface area contributed by atoms with E-state index in [1.807, 2.05) is 36.0 Å². The van der Waals surface area contributed by atoms with Crippen LogP contribution in [0.4, 0.5) is 15.8 Å². The zero-order valence-corrected chi connectivity index (χ0v) is 12.9. The second-order valence-electron chi connectivity index (χ2n) is 4.68. The molecule has 3 nitrogen and oxygen atoms in total. The first kappa shape index (κ1) is 13.8. The summed E-state index contributed by atoms with van der Waals surface area (Å²) in [6, 6.07) is 14.3. The highest BCUT2D eigenvalue weighted by molar-refractivity contribution is 9.10. The third-order valence-electron chi connectivity index (χ3n) is 3.16. The number of benzene rings is 2. The Morgan fingerprint density at radius 2 is 1.86 bits per heavy atom. The van der Waals surface area contributed by atoms with Crippen molar-refractivity contribution in [1.82, 2.24) is 9.78 Å². The normalized spacial score (nSPS) is 10.6. The van der Waals surface area contributed by atoms with Crippen molar-refractivity contribution in [3.8, 4) is 11.3 Å². The summed E-state index contributed by atoms with van der Waals surface area (Å²) < 4.78 is 15.7. The van der Waals surface area contributed by atoms with Gasteiger partial charge in [0.05, 0.1) is 16.4 Å². The number of anilines is 2. The fraction of sp³-hybridized carbons (Fsp3) is 0.0625. The molecule has 0 fully saturated rings. The number of nitrogens with zero attached hydrogens (tertiary/aromatic N) is 2. The fourth-order valence-corrected chi connectivity index (χ4v) is 2.76. The van der Waals surface area contributed by atoms with Crippen LogP contribution in [-0.4, -0.2) is 9.78 Å². The van der Waals surface area contributed by atoms with Gasteiger partial charge < -0.3 is 5.32 Å². The Bertz CT molecular complexity index is 746. The Morgan fingerprint density at radius 1 is 1.10 bits per heavy atom. The quantitative estimate of drug-likeness (QED) is 0.743. The molecule has 0 spiro atoms. The standard InChI is InChI=1S/C16H13BrFN3/c1-21-16(15(17)10-19-21)11-3-2-4-14(9-11)20-13-7-5-12(18)6-8-13/h2-10,20H,1H3. The third-order valence-corrected chi connectivity index (χ3v) is 3.74. The minimum Gasteiger partial charge on any atom is -0.356 e. The highest BCUT2D eigenvalue weighted by atomic mass is 79.9. The summed E-state index contributed by atoms with van der Waals surface area (Å²) in [6.45, 7) is 0. The average molecular weight is 346 g/mol. The van der Waals surface area contributed by atoms with Gasteiger partial charge in [-0.15, -0.1) is 0 Å². The molecule has 5 heteroatoms. The number of hydrogen-bond donors (Lipinski definition) is 1. The highest BCUT2D eigenvalue weighted by Crippen LogP contribution is 2.30. The van der Waals surface area contributed by atoms with E-state index in [0.717, 1.165) is 27.1 Å². The van der Waals surface area contributed by atoms with Crippen molar-refractivity contribution >= 4 is 27.3 Å². The number of aromatic nitrogens is 2. The van der Waals surface area contributed by atoms with Gasteiger partial charge in [0, 0.05) is 24.0 Å². The lowest BCUT2D eigenvalue weighted by Gasteiger charge is -2.09. The van der Waals surface area contributed by atoms with E-state index >= 15 is 0 Å². The lowest BCUT2D eigenvalue weighted by molar-refractivity contribution is 0.628. The molecule has 0 unspecified atom stereocenters. The second kappa shape index (κ2) is 5.69. The minimum atomic E-state index is -0.242. The van der Waals surface area contributed by atoms with E-state index in [1.54, 1.807) is 18.3 Å². The highest BCUT2D eigenvalue weighted by Gasteiger charge is 2.09. The van der Waals surface area contributed by atoms with E-state index in [-0.39, 0.29) is 5.82 Å². The van der Waals surface area contributed by atoms with Crippen molar-refractivity contribution < 1.29 is 4.39 Å². The molecule has 3 aromatic rings. The van der Waals surface area contributed by atoms with Crippen LogP contribution in [0.5, 0.6) is 0 Å². The van der Waals surface area contributed by atoms with E-state index in [9.17, 15) is 4.39 Å². The van der Waals surface area contributed by atoms with Crippen LogP contribution in [0.15, 0.2) is 59.2 Å². The molecule has 0 atom stereocenters. The maximum atomic E-state index is 12.9. The Kier molecular flexibility index (Phi) is 3.75. The number of nitrogens with one attached hydrogen (secondary N) is 1. The summed E-state index contributed by atoms with van der Waals surface area (Å²) in [5.74, 6) is -0.242. The molecule has 106 valence electrons. The van der Waals surface area contributed by atoms with Crippen molar-refractivity contribution in [2.24, 2.45) is 7.05 Å². The minimum absolute atomic E-state index is 0.242. The summed E-state index contributed by atoms with van der Waals surface area (Å²) in [4.78, 5) is 0. The van der Waals surface area contributed by atoms with Gasteiger partial charge in [0.2, 0.25) is 0 Å². The average Bonchev–Trinajstić information content (AvgIpc) is 2.81. The summed E-state index contributed by atoms with van der Waals surface area (Å²) in [5.41, 5.74) is 3.84. The first-order valence-corrected chi connectivity index (χ1v) is 7.23. The van der Waals surface area contributed by atoms with E-state index in [0.29, 0.717) is 0 Å². The Morgan fingerprint density at radius 3 is 2.52 bits per heavy atom. The van der Waals surface area contributed by atoms with Crippen molar-refractivity contribution in [3.63, 3.8) is 0 Å². The van der Waals surface area contributed by atoms with E-state index < -0.39 is 0 Å². The SMILES string of the molecule is Cn1ncc(Br)c1-c1cccc(Nc2ccc(F)cc2)c1. The number of rotatable bonds is 3. The molecule has 3 rings (SSSR count). The summed E-state index contributed by atoms with van der Waals surface area (Å²) in [5, 5.41) is 7.48. The van der Waals surface area contributed by atoms with Gasteiger partial charge in [-0.25, -0.2) is 4.39 Å². The maximum Gasteiger partial charge on any atom is 0.123 e.